The summed E-state index contributed by atoms with van der Waals surface area (Å²) in [6, 6.07) is 2.81. The number of aromatic nitrogens is 2. The Kier molecular flexibility index (Phi) is 6.77. The van der Waals surface area contributed by atoms with Crippen LogP contribution in [0.25, 0.3) is 0 Å². The van der Waals surface area contributed by atoms with Crippen molar-refractivity contribution in [1.82, 2.24) is 20.8 Å². The second kappa shape index (κ2) is 8.82. The number of aryl methyl sites for hydroxylation is 1. The molecule has 0 spiro atoms. The number of benzene rings is 1. The highest BCUT2D eigenvalue weighted by Gasteiger charge is 2.15. The van der Waals surface area contributed by atoms with Crippen LogP contribution in [-0.4, -0.2) is 29.8 Å². The highest BCUT2D eigenvalue weighted by molar-refractivity contribution is 6.35. The Bertz CT molecular complexity index is 755. The van der Waals surface area contributed by atoms with E-state index in [0.29, 0.717) is 28.3 Å². The number of ether oxygens (including phenoxy) is 1. The molecule has 0 saturated heterocycles. The van der Waals surface area contributed by atoms with Crippen LogP contribution in [0.3, 0.4) is 0 Å². The Hall–Kier alpha value is -2.13. The number of rotatable bonds is 6. The molecular formula is C14H15Cl2F2N5O2. The zero-order chi connectivity index (χ0) is 18.4. The van der Waals surface area contributed by atoms with E-state index in [9.17, 15) is 8.78 Å². The predicted octanol–water partition coefficient (Wildman–Crippen LogP) is 3.15. The fourth-order valence-electron chi connectivity index (χ4n) is 1.94. The molecule has 0 unspecified atom stereocenters. The van der Waals surface area contributed by atoms with Gasteiger partial charge in [0, 0.05) is 24.2 Å². The summed E-state index contributed by atoms with van der Waals surface area (Å²) in [5.74, 6) is 1.14. The van der Waals surface area contributed by atoms with E-state index < -0.39 is 6.61 Å². The molecule has 0 saturated carbocycles. The van der Waals surface area contributed by atoms with E-state index >= 15 is 0 Å². The van der Waals surface area contributed by atoms with Gasteiger partial charge in [0.1, 0.15) is 5.75 Å². The third-order valence-corrected chi connectivity index (χ3v) is 3.44. The quantitative estimate of drug-likeness (QED) is 0.579. The van der Waals surface area contributed by atoms with E-state index in [4.69, 9.17) is 27.7 Å². The minimum atomic E-state index is -3.00. The summed E-state index contributed by atoms with van der Waals surface area (Å²) < 4.78 is 34.6. The van der Waals surface area contributed by atoms with Gasteiger partial charge < -0.3 is 19.9 Å². The van der Waals surface area contributed by atoms with Crippen molar-refractivity contribution in [2.45, 2.75) is 26.6 Å². The lowest BCUT2D eigenvalue weighted by Gasteiger charge is -2.15. The van der Waals surface area contributed by atoms with E-state index in [-0.39, 0.29) is 23.9 Å². The molecule has 7 nitrogen and oxygen atoms in total. The van der Waals surface area contributed by atoms with Crippen molar-refractivity contribution < 1.29 is 18.0 Å². The Balaban J connectivity index is 2.03. The van der Waals surface area contributed by atoms with E-state index in [2.05, 4.69) is 30.5 Å². The lowest BCUT2D eigenvalue weighted by molar-refractivity contribution is -0.0504. The van der Waals surface area contributed by atoms with Gasteiger partial charge in [0.05, 0.1) is 11.6 Å². The average Bonchev–Trinajstić information content (AvgIpc) is 2.95. The average molecular weight is 394 g/mol. The zero-order valence-electron chi connectivity index (χ0n) is 13.3. The molecule has 1 aromatic heterocycles. The van der Waals surface area contributed by atoms with Gasteiger partial charge in [0.15, 0.2) is 11.8 Å². The molecule has 2 aromatic rings. The van der Waals surface area contributed by atoms with Crippen molar-refractivity contribution in [3.05, 3.63) is 39.5 Å². The van der Waals surface area contributed by atoms with Gasteiger partial charge >= 0.3 is 6.61 Å². The molecule has 0 atom stereocenters. The summed E-state index contributed by atoms with van der Waals surface area (Å²) in [5.41, 5.74) is 0.356. The van der Waals surface area contributed by atoms with Crippen molar-refractivity contribution in [2.24, 2.45) is 4.99 Å². The fraction of sp³-hybridized carbons (Fsp3) is 0.357. The summed E-state index contributed by atoms with van der Waals surface area (Å²) in [5, 5.41) is 9.85. The first kappa shape index (κ1) is 19.2. The zero-order valence-corrected chi connectivity index (χ0v) is 14.8. The minimum Gasteiger partial charge on any atom is -0.433 e. The number of halogens is 4. The normalized spacial score (nSPS) is 11.7. The molecule has 1 heterocycles. The van der Waals surface area contributed by atoms with Crippen LogP contribution in [0.1, 0.15) is 17.3 Å². The molecule has 2 N–H and O–H groups in total. The van der Waals surface area contributed by atoms with E-state index in [1.165, 1.54) is 12.1 Å². The number of aliphatic imine (C=N–C) groups is 1. The molecule has 2 rings (SSSR count). The van der Waals surface area contributed by atoms with Gasteiger partial charge in [0.2, 0.25) is 5.89 Å². The first-order chi connectivity index (χ1) is 11.9. The number of nitrogens with one attached hydrogen (secondary N) is 2. The third kappa shape index (κ3) is 5.71. The van der Waals surface area contributed by atoms with Crippen LogP contribution in [0.2, 0.25) is 10.0 Å². The van der Waals surface area contributed by atoms with E-state index in [1.54, 1.807) is 14.0 Å². The van der Waals surface area contributed by atoms with Crippen LogP contribution < -0.4 is 15.4 Å². The Morgan fingerprint density at radius 2 is 2.04 bits per heavy atom. The summed E-state index contributed by atoms with van der Waals surface area (Å²) in [4.78, 5) is 8.05. The number of alkyl halides is 2. The Morgan fingerprint density at radius 3 is 2.64 bits per heavy atom. The molecular weight excluding hydrogens is 379 g/mol. The van der Waals surface area contributed by atoms with Gasteiger partial charge in [-0.2, -0.15) is 13.8 Å². The Labute approximate surface area is 152 Å². The van der Waals surface area contributed by atoms with E-state index in [1.807, 2.05) is 0 Å². The molecule has 0 aliphatic heterocycles. The van der Waals surface area contributed by atoms with Gasteiger partial charge in [-0.25, -0.2) is 0 Å². The van der Waals surface area contributed by atoms with Crippen LogP contribution >= 0.6 is 23.2 Å². The predicted molar refractivity (Wildman–Crippen MR) is 89.2 cm³/mol. The summed E-state index contributed by atoms with van der Waals surface area (Å²) in [7, 11) is 1.55. The smallest absolute Gasteiger partial charge is 0.387 e. The van der Waals surface area contributed by atoms with Crippen LogP contribution in [0.5, 0.6) is 5.75 Å². The maximum absolute atomic E-state index is 12.6. The van der Waals surface area contributed by atoms with Crippen molar-refractivity contribution in [3.8, 4) is 5.75 Å². The first-order valence-electron chi connectivity index (χ1n) is 7.05. The Morgan fingerprint density at radius 1 is 1.32 bits per heavy atom. The second-order valence-electron chi connectivity index (χ2n) is 4.77. The van der Waals surface area contributed by atoms with Crippen molar-refractivity contribution in [1.29, 1.82) is 0 Å². The van der Waals surface area contributed by atoms with Gasteiger partial charge in [-0.3, -0.25) is 4.99 Å². The molecule has 1 aromatic carbocycles. The third-order valence-electron chi connectivity index (χ3n) is 2.94. The lowest BCUT2D eigenvalue weighted by Crippen LogP contribution is -2.36. The molecule has 0 radical (unpaired) electrons. The maximum Gasteiger partial charge on any atom is 0.387 e. The summed E-state index contributed by atoms with van der Waals surface area (Å²) >= 11 is 11.9. The molecule has 11 heteroatoms. The summed E-state index contributed by atoms with van der Waals surface area (Å²) in [6.45, 7) is -0.953. The van der Waals surface area contributed by atoms with E-state index in [0.717, 1.165) is 0 Å². The topological polar surface area (TPSA) is 84.6 Å². The highest BCUT2D eigenvalue weighted by Crippen LogP contribution is 2.33. The van der Waals surface area contributed by atoms with Crippen LogP contribution in [-0.2, 0) is 13.1 Å². The fourth-order valence-corrected chi connectivity index (χ4v) is 2.52. The molecule has 0 fully saturated rings. The van der Waals surface area contributed by atoms with Gasteiger partial charge in [0.25, 0.3) is 0 Å². The SMILES string of the molecule is CN=C(NCc1nc(C)no1)NCc1cc(Cl)cc(Cl)c1OC(F)F. The van der Waals surface area contributed by atoms with Crippen LogP contribution in [0.15, 0.2) is 21.6 Å². The first-order valence-corrected chi connectivity index (χ1v) is 7.81. The largest absolute Gasteiger partial charge is 0.433 e. The number of hydrogen-bond acceptors (Lipinski definition) is 5. The molecule has 0 aliphatic rings. The highest BCUT2D eigenvalue weighted by atomic mass is 35.5. The molecule has 0 amide bonds. The molecule has 136 valence electrons. The minimum absolute atomic E-state index is 0.00567. The van der Waals surface area contributed by atoms with Crippen LogP contribution in [0, 0.1) is 6.92 Å². The van der Waals surface area contributed by atoms with Crippen LogP contribution in [0.4, 0.5) is 8.78 Å². The standard InChI is InChI=1S/C14H15Cl2F2N5O2/c1-7-22-11(25-23-7)6-21-14(19-2)20-5-8-3-9(15)4-10(16)12(8)24-13(17)18/h3-4,13H,5-6H2,1-2H3,(H2,19,20,21). The van der Waals surface area contributed by atoms with Crippen molar-refractivity contribution >= 4 is 29.2 Å². The van der Waals surface area contributed by atoms with Gasteiger partial charge in [-0.15, -0.1) is 0 Å². The van der Waals surface area contributed by atoms with Crippen molar-refractivity contribution in [3.63, 3.8) is 0 Å². The van der Waals surface area contributed by atoms with Gasteiger partial charge in [-0.1, -0.05) is 28.4 Å². The molecule has 0 bridgehead atoms. The maximum atomic E-state index is 12.6. The van der Waals surface area contributed by atoms with Gasteiger partial charge in [-0.05, 0) is 19.1 Å². The monoisotopic (exact) mass is 393 g/mol. The van der Waals surface area contributed by atoms with Crippen molar-refractivity contribution in [2.75, 3.05) is 7.05 Å². The number of guanidine groups is 1. The summed E-state index contributed by atoms with van der Waals surface area (Å²) in [6.07, 6.45) is 0. The number of hydrogen-bond donors (Lipinski definition) is 2. The molecule has 25 heavy (non-hydrogen) atoms. The molecule has 0 aliphatic carbocycles. The lowest BCUT2D eigenvalue weighted by atomic mass is 10.2. The second-order valence-corrected chi connectivity index (χ2v) is 5.61. The number of nitrogens with zero attached hydrogens (tertiary/aromatic N) is 3.